The van der Waals surface area contributed by atoms with Crippen molar-refractivity contribution in [2.24, 2.45) is 14.1 Å². The molecule has 186 valence electrons. The molecule has 0 bridgehead atoms. The number of nitrogens with zero attached hydrogens (tertiary/aromatic N) is 5. The SMILES string of the molecule is CCC(NC(=O)Cn1c(=O)c2c(ncn2C)n(C)c1=O)c1ccccc1OCC(=O)N1CCCC1. The van der Waals surface area contributed by atoms with Gasteiger partial charge in [0.05, 0.1) is 12.4 Å². The number of amides is 2. The van der Waals surface area contributed by atoms with Gasteiger partial charge in [-0.3, -0.25) is 19.0 Å². The number of benzene rings is 1. The van der Waals surface area contributed by atoms with Crippen LogP contribution < -0.4 is 21.3 Å². The zero-order valence-electron chi connectivity index (χ0n) is 20.2. The molecule has 11 nitrogen and oxygen atoms in total. The van der Waals surface area contributed by atoms with E-state index in [-0.39, 0.29) is 23.7 Å². The molecule has 0 radical (unpaired) electrons. The van der Waals surface area contributed by atoms with Crippen LogP contribution in [0.5, 0.6) is 5.75 Å². The zero-order chi connectivity index (χ0) is 25.1. The maximum absolute atomic E-state index is 12.9. The van der Waals surface area contributed by atoms with Crippen LogP contribution in [0.25, 0.3) is 11.2 Å². The summed E-state index contributed by atoms with van der Waals surface area (Å²) in [6.07, 6.45) is 4.01. The first-order chi connectivity index (χ1) is 16.8. The first-order valence-electron chi connectivity index (χ1n) is 11.7. The van der Waals surface area contributed by atoms with E-state index in [2.05, 4.69) is 10.3 Å². The predicted molar refractivity (Wildman–Crippen MR) is 129 cm³/mol. The van der Waals surface area contributed by atoms with E-state index >= 15 is 0 Å². The van der Waals surface area contributed by atoms with Gasteiger partial charge in [-0.2, -0.15) is 0 Å². The van der Waals surface area contributed by atoms with Crippen molar-refractivity contribution in [3.05, 3.63) is 57.0 Å². The summed E-state index contributed by atoms with van der Waals surface area (Å²) in [6.45, 7) is 2.91. The molecule has 1 atom stereocenters. The molecule has 2 aromatic heterocycles. The molecule has 11 heteroatoms. The molecular formula is C24H30N6O5. The van der Waals surface area contributed by atoms with E-state index in [1.165, 1.54) is 22.5 Å². The van der Waals surface area contributed by atoms with Gasteiger partial charge in [0.1, 0.15) is 12.3 Å². The van der Waals surface area contributed by atoms with Crippen molar-refractivity contribution < 1.29 is 14.3 Å². The maximum atomic E-state index is 12.9. The minimum absolute atomic E-state index is 0.0600. The lowest BCUT2D eigenvalue weighted by molar-refractivity contribution is -0.132. The number of carbonyl (C=O) groups excluding carboxylic acids is 2. The highest BCUT2D eigenvalue weighted by Gasteiger charge is 2.22. The van der Waals surface area contributed by atoms with E-state index in [4.69, 9.17) is 4.74 Å². The zero-order valence-corrected chi connectivity index (χ0v) is 20.2. The third kappa shape index (κ3) is 4.84. The molecule has 1 unspecified atom stereocenters. The number of likely N-dealkylation sites (tertiary alicyclic amines) is 1. The van der Waals surface area contributed by atoms with Crippen molar-refractivity contribution in [3.63, 3.8) is 0 Å². The maximum Gasteiger partial charge on any atom is 0.332 e. The first kappa shape index (κ1) is 24.2. The minimum Gasteiger partial charge on any atom is -0.483 e. The fourth-order valence-corrected chi connectivity index (χ4v) is 4.42. The second-order valence-electron chi connectivity index (χ2n) is 8.70. The number of imidazole rings is 1. The number of ether oxygens (including phenoxy) is 1. The van der Waals surface area contributed by atoms with Gasteiger partial charge in [-0.25, -0.2) is 14.3 Å². The second kappa shape index (κ2) is 10.2. The summed E-state index contributed by atoms with van der Waals surface area (Å²) in [7, 11) is 3.17. The Hall–Kier alpha value is -3.89. The van der Waals surface area contributed by atoms with Gasteiger partial charge in [0.25, 0.3) is 11.5 Å². The van der Waals surface area contributed by atoms with Gasteiger partial charge >= 0.3 is 5.69 Å². The van der Waals surface area contributed by atoms with Crippen LogP contribution in [0.4, 0.5) is 0 Å². The van der Waals surface area contributed by atoms with E-state index < -0.39 is 29.7 Å². The molecule has 1 aliphatic rings. The molecule has 1 fully saturated rings. The highest BCUT2D eigenvalue weighted by atomic mass is 16.5. The second-order valence-corrected chi connectivity index (χ2v) is 8.70. The van der Waals surface area contributed by atoms with Crippen molar-refractivity contribution in [2.45, 2.75) is 38.8 Å². The third-order valence-electron chi connectivity index (χ3n) is 6.35. The summed E-state index contributed by atoms with van der Waals surface area (Å²) in [4.78, 5) is 56.9. The number of hydrogen-bond donors (Lipinski definition) is 1. The molecule has 2 amide bonds. The summed E-state index contributed by atoms with van der Waals surface area (Å²) in [5, 5.41) is 2.90. The number of carbonyl (C=O) groups is 2. The van der Waals surface area contributed by atoms with Crippen LogP contribution >= 0.6 is 0 Å². The van der Waals surface area contributed by atoms with Crippen molar-refractivity contribution >= 4 is 23.0 Å². The van der Waals surface area contributed by atoms with Crippen LogP contribution in [-0.2, 0) is 30.2 Å². The number of fused-ring (bicyclic) bond motifs is 1. The normalized spacial score (nSPS) is 14.3. The molecule has 1 saturated heterocycles. The molecule has 3 heterocycles. The average molecular weight is 483 g/mol. The minimum atomic E-state index is -0.617. The van der Waals surface area contributed by atoms with E-state index in [1.54, 1.807) is 24.1 Å². The number of rotatable bonds is 8. The van der Waals surface area contributed by atoms with Crippen molar-refractivity contribution in [3.8, 4) is 5.75 Å². The molecule has 35 heavy (non-hydrogen) atoms. The Balaban J connectivity index is 1.51. The third-order valence-corrected chi connectivity index (χ3v) is 6.35. The summed E-state index contributed by atoms with van der Waals surface area (Å²) < 4.78 is 9.52. The lowest BCUT2D eigenvalue weighted by atomic mass is 10.0. The molecule has 0 aliphatic carbocycles. The Bertz CT molecular complexity index is 1360. The lowest BCUT2D eigenvalue weighted by Gasteiger charge is -2.22. The van der Waals surface area contributed by atoms with E-state index in [0.717, 1.165) is 36.1 Å². The molecule has 1 N–H and O–H groups in total. The van der Waals surface area contributed by atoms with Gasteiger partial charge in [0.2, 0.25) is 5.91 Å². The molecule has 4 rings (SSSR count). The molecule has 3 aromatic rings. The largest absolute Gasteiger partial charge is 0.483 e. The molecule has 0 saturated carbocycles. The topological polar surface area (TPSA) is 120 Å². The Morgan fingerprint density at radius 3 is 2.57 bits per heavy atom. The summed E-state index contributed by atoms with van der Waals surface area (Å²) in [6, 6.07) is 6.80. The van der Waals surface area contributed by atoms with Crippen LogP contribution in [0.3, 0.4) is 0 Å². The molecular weight excluding hydrogens is 452 g/mol. The van der Waals surface area contributed by atoms with Gasteiger partial charge in [-0.1, -0.05) is 25.1 Å². The van der Waals surface area contributed by atoms with Crippen LogP contribution in [0.2, 0.25) is 0 Å². The van der Waals surface area contributed by atoms with E-state index in [0.29, 0.717) is 12.2 Å². The number of para-hydroxylation sites is 1. The smallest absolute Gasteiger partial charge is 0.332 e. The van der Waals surface area contributed by atoms with Gasteiger partial charge in [-0.05, 0) is 25.3 Å². The van der Waals surface area contributed by atoms with Crippen LogP contribution in [0, 0.1) is 0 Å². The Morgan fingerprint density at radius 1 is 1.14 bits per heavy atom. The highest BCUT2D eigenvalue weighted by molar-refractivity contribution is 5.78. The van der Waals surface area contributed by atoms with Gasteiger partial charge in [0.15, 0.2) is 17.8 Å². The summed E-state index contributed by atoms with van der Waals surface area (Å²) in [5.74, 6) is -0.0349. The Labute approximate surface area is 201 Å². The number of hydrogen-bond acceptors (Lipinski definition) is 6. The van der Waals surface area contributed by atoms with Crippen molar-refractivity contribution in [1.82, 2.24) is 28.9 Å². The summed E-state index contributed by atoms with van der Waals surface area (Å²) >= 11 is 0. The number of aryl methyl sites for hydroxylation is 2. The number of nitrogens with one attached hydrogen (secondary N) is 1. The monoisotopic (exact) mass is 482 g/mol. The number of aromatic nitrogens is 4. The molecule has 1 aliphatic heterocycles. The first-order valence-corrected chi connectivity index (χ1v) is 11.7. The highest BCUT2D eigenvalue weighted by Crippen LogP contribution is 2.27. The van der Waals surface area contributed by atoms with Crippen LogP contribution in [-0.4, -0.2) is 55.1 Å². The van der Waals surface area contributed by atoms with Gasteiger partial charge in [0, 0.05) is 32.7 Å². The van der Waals surface area contributed by atoms with Crippen molar-refractivity contribution in [2.75, 3.05) is 19.7 Å². The average Bonchev–Trinajstić information content (AvgIpc) is 3.53. The molecule has 1 aromatic carbocycles. The van der Waals surface area contributed by atoms with E-state index in [9.17, 15) is 19.2 Å². The standard InChI is InChI=1S/C24H30N6O5/c1-4-17(16-9-5-6-10-18(16)35-14-20(32)29-11-7-8-12-29)26-19(31)13-30-23(33)21-22(25-15-27(21)2)28(3)24(30)34/h5-6,9-10,15,17H,4,7-8,11-14H2,1-3H3,(H,26,31). The fraction of sp³-hybridized carbons (Fsp3) is 0.458. The molecule has 0 spiro atoms. The van der Waals surface area contributed by atoms with Crippen molar-refractivity contribution in [1.29, 1.82) is 0 Å². The van der Waals surface area contributed by atoms with Crippen LogP contribution in [0.1, 0.15) is 37.8 Å². The van der Waals surface area contributed by atoms with E-state index in [1.807, 2.05) is 19.1 Å². The Kier molecular flexibility index (Phi) is 7.04. The van der Waals surface area contributed by atoms with Gasteiger partial charge in [-0.15, -0.1) is 0 Å². The fourth-order valence-electron chi connectivity index (χ4n) is 4.42. The lowest BCUT2D eigenvalue weighted by Crippen LogP contribution is -2.44. The predicted octanol–water partition coefficient (Wildman–Crippen LogP) is 0.702. The van der Waals surface area contributed by atoms with Crippen LogP contribution in [0.15, 0.2) is 40.2 Å². The summed E-state index contributed by atoms with van der Waals surface area (Å²) in [5.41, 5.74) is 0.0393. The Morgan fingerprint density at radius 2 is 1.86 bits per heavy atom. The van der Waals surface area contributed by atoms with Gasteiger partial charge < -0.3 is 19.5 Å². The quantitative estimate of drug-likeness (QED) is 0.505.